The molecule has 3 nitrogen and oxygen atoms in total. The number of hydrogen-bond acceptors (Lipinski definition) is 3. The van der Waals surface area contributed by atoms with Crippen molar-refractivity contribution in [2.75, 3.05) is 0 Å². The van der Waals surface area contributed by atoms with Crippen LogP contribution in [0, 0.1) is 49.9 Å². The van der Waals surface area contributed by atoms with Crippen molar-refractivity contribution in [3.05, 3.63) is 45.0 Å². The summed E-state index contributed by atoms with van der Waals surface area (Å²) < 4.78 is 7.43. The van der Waals surface area contributed by atoms with Gasteiger partial charge in [0.2, 0.25) is 0 Å². The van der Waals surface area contributed by atoms with Gasteiger partial charge in [-0.25, -0.2) is 4.79 Å². The summed E-state index contributed by atoms with van der Waals surface area (Å²) in [6.07, 6.45) is 13.5. The molecule has 3 fully saturated rings. The van der Waals surface area contributed by atoms with Gasteiger partial charge in [-0.05, 0) is 126 Å². The molecule has 1 unspecified atom stereocenters. The topological polar surface area (TPSA) is 46.5 Å². The van der Waals surface area contributed by atoms with Crippen molar-refractivity contribution in [2.45, 2.75) is 111 Å². The van der Waals surface area contributed by atoms with Crippen LogP contribution in [0.25, 0.3) is 0 Å². The molecule has 4 aliphatic rings. The molecule has 5 rings (SSSR count). The van der Waals surface area contributed by atoms with Crippen molar-refractivity contribution in [1.82, 2.24) is 0 Å². The van der Waals surface area contributed by atoms with Gasteiger partial charge in [-0.15, -0.1) is 0 Å². The van der Waals surface area contributed by atoms with E-state index in [4.69, 9.17) is 4.74 Å². The number of halogens is 1. The lowest BCUT2D eigenvalue weighted by Crippen LogP contribution is -2.56. The van der Waals surface area contributed by atoms with Gasteiger partial charge >= 0.3 is 5.97 Å². The number of aliphatic hydroxyl groups is 1. The molecule has 0 saturated heterocycles. The molecule has 4 heteroatoms. The molecule has 4 aliphatic carbocycles. The fourth-order valence-corrected chi connectivity index (χ4v) is 10.0. The molecule has 0 bridgehead atoms. The van der Waals surface area contributed by atoms with Gasteiger partial charge in [0.1, 0.15) is 6.10 Å². The number of benzene rings is 1. The van der Waals surface area contributed by atoms with Crippen LogP contribution in [-0.2, 0) is 4.74 Å². The van der Waals surface area contributed by atoms with E-state index in [0.717, 1.165) is 40.1 Å². The van der Waals surface area contributed by atoms with E-state index in [1.54, 1.807) is 0 Å². The van der Waals surface area contributed by atoms with Crippen molar-refractivity contribution >= 4 is 28.6 Å². The molecule has 1 aromatic carbocycles. The minimum atomic E-state index is -0.434. The minimum Gasteiger partial charge on any atom is -0.458 e. The zero-order valence-electron chi connectivity index (χ0n) is 24.2. The summed E-state index contributed by atoms with van der Waals surface area (Å²) in [6.45, 7) is 12.2. The standard InChI is InChI=1S/C34H49IO3/c1-21(2)7-6-8-22(3)28-15-16-29-27-14-11-24-19-26(36)20-31(34(24,5)30(27)17-18-33(28,29)4)38-32(37)23-9-12-25(35)13-10-23/h9-13,21-22,26-31,36H,6-8,14-20H2,1-5H3/t22-,26+,27+,28-,29+,30+,31?,33-,34+/m1/s1. The van der Waals surface area contributed by atoms with Crippen LogP contribution >= 0.6 is 22.6 Å². The van der Waals surface area contributed by atoms with E-state index in [2.05, 4.69) is 63.3 Å². The number of carbonyl (C=O) groups is 1. The second-order valence-corrected chi connectivity index (χ2v) is 15.4. The predicted molar refractivity (Wildman–Crippen MR) is 163 cm³/mol. The fourth-order valence-electron chi connectivity index (χ4n) is 9.65. The smallest absolute Gasteiger partial charge is 0.338 e. The first-order valence-corrected chi connectivity index (χ1v) is 16.5. The van der Waals surface area contributed by atoms with Crippen LogP contribution in [0.15, 0.2) is 35.9 Å². The highest BCUT2D eigenvalue weighted by Crippen LogP contribution is 2.67. The average molecular weight is 633 g/mol. The molecule has 210 valence electrons. The van der Waals surface area contributed by atoms with Gasteiger partial charge in [0.05, 0.1) is 11.7 Å². The van der Waals surface area contributed by atoms with Crippen molar-refractivity contribution in [2.24, 2.45) is 46.3 Å². The van der Waals surface area contributed by atoms with Crippen molar-refractivity contribution in [3.8, 4) is 0 Å². The Morgan fingerprint density at radius 1 is 1.08 bits per heavy atom. The number of allylic oxidation sites excluding steroid dienone is 1. The zero-order valence-corrected chi connectivity index (χ0v) is 26.4. The molecule has 38 heavy (non-hydrogen) atoms. The number of aliphatic hydroxyl groups excluding tert-OH is 1. The fraction of sp³-hybridized carbons (Fsp3) is 0.735. The first-order valence-electron chi connectivity index (χ1n) is 15.4. The average Bonchev–Trinajstić information content (AvgIpc) is 3.22. The summed E-state index contributed by atoms with van der Waals surface area (Å²) in [7, 11) is 0. The third-order valence-electron chi connectivity index (χ3n) is 11.7. The maximum Gasteiger partial charge on any atom is 0.338 e. The molecule has 0 aromatic heterocycles. The van der Waals surface area contributed by atoms with Crippen molar-refractivity contribution in [1.29, 1.82) is 0 Å². The van der Waals surface area contributed by atoms with E-state index in [-0.39, 0.29) is 17.5 Å². The Hall–Kier alpha value is -0.880. The van der Waals surface area contributed by atoms with E-state index in [1.807, 2.05) is 24.3 Å². The maximum atomic E-state index is 13.3. The van der Waals surface area contributed by atoms with E-state index < -0.39 is 6.10 Å². The molecule has 3 saturated carbocycles. The quantitative estimate of drug-likeness (QED) is 0.186. The second kappa shape index (κ2) is 11.2. The summed E-state index contributed by atoms with van der Waals surface area (Å²) in [5.41, 5.74) is 2.21. The predicted octanol–water partition coefficient (Wildman–Crippen LogP) is 8.83. The molecule has 0 aliphatic heterocycles. The SMILES string of the molecule is CC(C)CCC[C@@H](C)[C@H]1CC[C@H]2[C@@H]3CC=C4C[C@H](O)CC(OC(=O)c5ccc(I)cc5)[C@]4(C)[C@H]3CC[C@]12C. The molecule has 0 heterocycles. The Bertz CT molecular complexity index is 1030. The second-order valence-electron chi connectivity index (χ2n) is 14.1. The van der Waals surface area contributed by atoms with Crippen LogP contribution in [0.2, 0.25) is 0 Å². The van der Waals surface area contributed by atoms with Gasteiger partial charge in [0, 0.05) is 15.4 Å². The molecule has 0 radical (unpaired) electrons. The van der Waals surface area contributed by atoms with Gasteiger partial charge in [-0.1, -0.05) is 65.5 Å². The maximum absolute atomic E-state index is 13.3. The van der Waals surface area contributed by atoms with Crippen LogP contribution in [0.1, 0.15) is 109 Å². The van der Waals surface area contributed by atoms with Crippen LogP contribution in [0.4, 0.5) is 0 Å². The number of fused-ring (bicyclic) bond motifs is 5. The lowest BCUT2D eigenvalue weighted by atomic mass is 9.46. The van der Waals surface area contributed by atoms with Gasteiger partial charge in [-0.3, -0.25) is 0 Å². The van der Waals surface area contributed by atoms with Crippen LogP contribution in [-0.4, -0.2) is 23.3 Å². The van der Waals surface area contributed by atoms with Crippen molar-refractivity contribution < 1.29 is 14.6 Å². The number of rotatable bonds is 7. The van der Waals surface area contributed by atoms with Gasteiger partial charge in [-0.2, -0.15) is 0 Å². The zero-order chi connectivity index (χ0) is 27.2. The van der Waals surface area contributed by atoms with Crippen LogP contribution < -0.4 is 0 Å². The Labute approximate surface area is 244 Å². The monoisotopic (exact) mass is 632 g/mol. The molecule has 0 spiro atoms. The summed E-state index contributed by atoms with van der Waals surface area (Å²) in [6, 6.07) is 7.63. The van der Waals surface area contributed by atoms with Crippen LogP contribution in [0.5, 0.6) is 0 Å². The normalized spacial score (nSPS) is 39.1. The number of ether oxygens (including phenoxy) is 1. The van der Waals surface area contributed by atoms with Gasteiger partial charge < -0.3 is 9.84 Å². The molecular formula is C34H49IO3. The third kappa shape index (κ3) is 5.15. The van der Waals surface area contributed by atoms with E-state index in [0.29, 0.717) is 29.2 Å². The highest BCUT2D eigenvalue weighted by atomic mass is 127. The first-order chi connectivity index (χ1) is 18.0. The highest BCUT2D eigenvalue weighted by molar-refractivity contribution is 14.1. The molecular weight excluding hydrogens is 583 g/mol. The summed E-state index contributed by atoms with van der Waals surface area (Å²) >= 11 is 2.26. The molecule has 9 atom stereocenters. The lowest BCUT2D eigenvalue weighted by molar-refractivity contribution is -0.113. The van der Waals surface area contributed by atoms with E-state index in [1.165, 1.54) is 50.5 Å². The van der Waals surface area contributed by atoms with Crippen molar-refractivity contribution in [3.63, 3.8) is 0 Å². The highest BCUT2D eigenvalue weighted by Gasteiger charge is 2.61. The Kier molecular flexibility index (Phi) is 8.43. The first kappa shape index (κ1) is 28.6. The molecule has 0 amide bonds. The lowest BCUT2D eigenvalue weighted by Gasteiger charge is -2.60. The summed E-state index contributed by atoms with van der Waals surface area (Å²) in [5, 5.41) is 10.8. The molecule has 1 aromatic rings. The van der Waals surface area contributed by atoms with Gasteiger partial charge in [0.15, 0.2) is 0 Å². The number of esters is 1. The summed E-state index contributed by atoms with van der Waals surface area (Å²) in [5.74, 6) is 4.13. The number of carbonyl (C=O) groups excluding carboxylic acids is 1. The molecule has 1 N–H and O–H groups in total. The largest absolute Gasteiger partial charge is 0.458 e. The summed E-state index contributed by atoms with van der Waals surface area (Å²) in [4.78, 5) is 13.3. The Morgan fingerprint density at radius 3 is 2.53 bits per heavy atom. The Morgan fingerprint density at radius 2 is 1.82 bits per heavy atom. The third-order valence-corrected chi connectivity index (χ3v) is 12.4. The minimum absolute atomic E-state index is 0.177. The number of hydrogen-bond donors (Lipinski definition) is 1. The Balaban J connectivity index is 1.36. The van der Waals surface area contributed by atoms with E-state index in [9.17, 15) is 9.90 Å². The van der Waals surface area contributed by atoms with Gasteiger partial charge in [0.25, 0.3) is 0 Å². The van der Waals surface area contributed by atoms with E-state index >= 15 is 0 Å². The van der Waals surface area contributed by atoms with Crippen LogP contribution in [0.3, 0.4) is 0 Å².